The second-order valence-corrected chi connectivity index (χ2v) is 5.31. The summed E-state index contributed by atoms with van der Waals surface area (Å²) in [6.07, 6.45) is 4.38. The molecule has 0 bridgehead atoms. The van der Waals surface area contributed by atoms with Crippen LogP contribution in [0.25, 0.3) is 0 Å². The van der Waals surface area contributed by atoms with Crippen molar-refractivity contribution < 1.29 is 4.74 Å². The summed E-state index contributed by atoms with van der Waals surface area (Å²) in [6.45, 7) is 2.17. The van der Waals surface area contributed by atoms with Crippen molar-refractivity contribution in [3.8, 4) is 5.75 Å². The number of benzene rings is 1. The van der Waals surface area contributed by atoms with Gasteiger partial charge in [-0.1, -0.05) is 49.4 Å². The zero-order valence-corrected chi connectivity index (χ0v) is 12.4. The van der Waals surface area contributed by atoms with Gasteiger partial charge in [-0.15, -0.1) is 11.6 Å². The van der Waals surface area contributed by atoms with E-state index < -0.39 is 0 Å². The van der Waals surface area contributed by atoms with Gasteiger partial charge in [-0.3, -0.25) is 0 Å². The molecule has 0 heterocycles. The van der Waals surface area contributed by atoms with E-state index in [2.05, 4.69) is 6.92 Å². The fourth-order valence-corrected chi connectivity index (χ4v) is 2.59. The summed E-state index contributed by atoms with van der Waals surface area (Å²) in [4.78, 5) is 0. The Balaban J connectivity index is 2.79. The Morgan fingerprint density at radius 3 is 2.47 bits per heavy atom. The molecule has 1 aromatic rings. The summed E-state index contributed by atoms with van der Waals surface area (Å²) < 4.78 is 5.10. The molecule has 0 spiro atoms. The summed E-state index contributed by atoms with van der Waals surface area (Å²) >= 11 is 18.6. The van der Waals surface area contributed by atoms with Gasteiger partial charge in [-0.25, -0.2) is 0 Å². The minimum atomic E-state index is -0.0857. The van der Waals surface area contributed by atoms with Crippen LogP contribution in [0.1, 0.15) is 43.5 Å². The largest absolute Gasteiger partial charge is 0.495 e. The Bertz CT molecular complexity index is 366. The van der Waals surface area contributed by atoms with Gasteiger partial charge in [0.15, 0.2) is 0 Å². The molecule has 1 unspecified atom stereocenters. The first-order chi connectivity index (χ1) is 8.10. The maximum Gasteiger partial charge on any atom is 0.138 e. The first-order valence-corrected chi connectivity index (χ1v) is 6.96. The van der Waals surface area contributed by atoms with E-state index in [9.17, 15) is 0 Å². The van der Waals surface area contributed by atoms with Gasteiger partial charge >= 0.3 is 0 Å². The Hall–Kier alpha value is -0.110. The van der Waals surface area contributed by atoms with Crippen LogP contribution in [0.15, 0.2) is 12.1 Å². The molecule has 0 saturated carbocycles. The highest BCUT2D eigenvalue weighted by Crippen LogP contribution is 2.38. The molecule has 0 aromatic heterocycles. The maximum atomic E-state index is 6.33. The molecule has 0 saturated heterocycles. The normalized spacial score (nSPS) is 12.5. The van der Waals surface area contributed by atoms with E-state index in [1.807, 2.05) is 0 Å². The lowest BCUT2D eigenvalue weighted by atomic mass is 10.1. The first kappa shape index (κ1) is 14.9. The molecule has 1 nitrogen and oxygen atoms in total. The molecule has 17 heavy (non-hydrogen) atoms. The van der Waals surface area contributed by atoms with E-state index in [0.29, 0.717) is 15.8 Å². The molecular formula is C13H17Cl3O. The van der Waals surface area contributed by atoms with Crippen molar-refractivity contribution in [3.63, 3.8) is 0 Å². The third kappa shape index (κ3) is 4.24. The van der Waals surface area contributed by atoms with E-state index in [1.54, 1.807) is 19.2 Å². The Morgan fingerprint density at radius 2 is 1.88 bits per heavy atom. The minimum Gasteiger partial charge on any atom is -0.495 e. The molecule has 0 amide bonds. The molecule has 0 aliphatic heterocycles. The summed E-state index contributed by atoms with van der Waals surface area (Å²) in [5, 5.41) is 1.08. The molecule has 1 rings (SSSR count). The molecule has 96 valence electrons. The fourth-order valence-electron chi connectivity index (χ4n) is 1.67. The molecule has 0 aliphatic carbocycles. The first-order valence-electron chi connectivity index (χ1n) is 5.77. The quantitative estimate of drug-likeness (QED) is 0.471. The number of unbranched alkanes of at least 4 members (excludes halogenated alkanes) is 2. The minimum absolute atomic E-state index is 0.0857. The number of alkyl halides is 1. The zero-order valence-electron chi connectivity index (χ0n) is 10.1. The van der Waals surface area contributed by atoms with Crippen molar-refractivity contribution >= 4 is 34.8 Å². The highest BCUT2D eigenvalue weighted by molar-refractivity contribution is 6.35. The van der Waals surface area contributed by atoms with Gasteiger partial charge < -0.3 is 4.74 Å². The van der Waals surface area contributed by atoms with Crippen molar-refractivity contribution in [3.05, 3.63) is 27.7 Å². The van der Waals surface area contributed by atoms with Crippen molar-refractivity contribution in [1.82, 2.24) is 0 Å². The SMILES string of the molecule is CCCCCC(Cl)c1cc(Cl)c(OC)cc1Cl. The van der Waals surface area contributed by atoms with Crippen LogP contribution in [0.3, 0.4) is 0 Å². The highest BCUT2D eigenvalue weighted by Gasteiger charge is 2.14. The van der Waals surface area contributed by atoms with Crippen molar-refractivity contribution in [2.75, 3.05) is 7.11 Å². The van der Waals surface area contributed by atoms with Crippen LogP contribution in [0, 0.1) is 0 Å². The highest BCUT2D eigenvalue weighted by atomic mass is 35.5. The fraction of sp³-hybridized carbons (Fsp3) is 0.538. The number of ether oxygens (including phenoxy) is 1. The van der Waals surface area contributed by atoms with Crippen LogP contribution in [-0.4, -0.2) is 7.11 Å². The van der Waals surface area contributed by atoms with Crippen molar-refractivity contribution in [2.45, 2.75) is 38.0 Å². The molecule has 1 atom stereocenters. The van der Waals surface area contributed by atoms with Crippen LogP contribution in [-0.2, 0) is 0 Å². The molecule has 4 heteroatoms. The predicted octanol–water partition coefficient (Wildman–Crippen LogP) is 5.86. The van der Waals surface area contributed by atoms with E-state index in [4.69, 9.17) is 39.5 Å². The smallest absolute Gasteiger partial charge is 0.138 e. The lowest BCUT2D eigenvalue weighted by molar-refractivity contribution is 0.415. The second kappa shape index (κ2) is 7.35. The zero-order chi connectivity index (χ0) is 12.8. The second-order valence-electron chi connectivity index (χ2n) is 3.97. The summed E-state index contributed by atoms with van der Waals surface area (Å²) in [6, 6.07) is 3.51. The Morgan fingerprint density at radius 1 is 1.18 bits per heavy atom. The van der Waals surface area contributed by atoms with Gasteiger partial charge in [0.2, 0.25) is 0 Å². The Labute approximate surface area is 118 Å². The van der Waals surface area contributed by atoms with E-state index in [1.165, 1.54) is 12.8 Å². The molecule has 1 aromatic carbocycles. The van der Waals surface area contributed by atoms with Gasteiger partial charge in [0.05, 0.1) is 17.5 Å². The third-order valence-corrected chi connectivity index (χ3v) is 3.75. The monoisotopic (exact) mass is 294 g/mol. The van der Waals surface area contributed by atoms with Gasteiger partial charge in [0.1, 0.15) is 5.75 Å². The standard InChI is InChI=1S/C13H17Cl3O/c1-3-4-5-6-10(14)9-7-12(16)13(17-2)8-11(9)15/h7-8,10H,3-6H2,1-2H3. The lowest BCUT2D eigenvalue weighted by Gasteiger charge is -2.13. The van der Waals surface area contributed by atoms with E-state index in [0.717, 1.165) is 18.4 Å². The summed E-state index contributed by atoms with van der Waals surface area (Å²) in [5.41, 5.74) is 0.884. The van der Waals surface area contributed by atoms with Gasteiger partial charge in [-0.2, -0.15) is 0 Å². The number of halogens is 3. The van der Waals surface area contributed by atoms with E-state index in [-0.39, 0.29) is 5.38 Å². The van der Waals surface area contributed by atoms with E-state index >= 15 is 0 Å². The summed E-state index contributed by atoms with van der Waals surface area (Å²) in [7, 11) is 1.57. The van der Waals surface area contributed by atoms with Gasteiger partial charge in [0, 0.05) is 11.1 Å². The van der Waals surface area contributed by atoms with Gasteiger partial charge in [-0.05, 0) is 18.1 Å². The van der Waals surface area contributed by atoms with Crippen LogP contribution < -0.4 is 4.74 Å². The Kier molecular flexibility index (Phi) is 6.47. The number of methoxy groups -OCH3 is 1. The maximum absolute atomic E-state index is 6.33. The van der Waals surface area contributed by atoms with Crippen LogP contribution >= 0.6 is 34.8 Å². The number of rotatable bonds is 6. The predicted molar refractivity (Wildman–Crippen MR) is 75.8 cm³/mol. The average molecular weight is 296 g/mol. The molecule has 0 fully saturated rings. The number of hydrogen-bond acceptors (Lipinski definition) is 1. The summed E-state index contributed by atoms with van der Waals surface area (Å²) in [5.74, 6) is 0.581. The van der Waals surface area contributed by atoms with Crippen LogP contribution in [0.2, 0.25) is 10.0 Å². The van der Waals surface area contributed by atoms with Crippen LogP contribution in [0.4, 0.5) is 0 Å². The topological polar surface area (TPSA) is 9.23 Å². The molecule has 0 aliphatic rings. The van der Waals surface area contributed by atoms with Crippen molar-refractivity contribution in [2.24, 2.45) is 0 Å². The third-order valence-electron chi connectivity index (χ3n) is 2.67. The van der Waals surface area contributed by atoms with Crippen LogP contribution in [0.5, 0.6) is 5.75 Å². The van der Waals surface area contributed by atoms with Gasteiger partial charge in [0.25, 0.3) is 0 Å². The average Bonchev–Trinajstić information content (AvgIpc) is 2.31. The lowest BCUT2D eigenvalue weighted by Crippen LogP contribution is -1.94. The molecule has 0 N–H and O–H groups in total. The molecule has 0 radical (unpaired) electrons. The molecular weight excluding hydrogens is 279 g/mol. The number of hydrogen-bond donors (Lipinski definition) is 0. The van der Waals surface area contributed by atoms with Crippen molar-refractivity contribution in [1.29, 1.82) is 0 Å².